The molecule has 0 radical (unpaired) electrons. The largest absolute Gasteiger partial charge is 0.416 e. The van der Waals surface area contributed by atoms with Gasteiger partial charge in [0.15, 0.2) is 5.96 Å². The Morgan fingerprint density at radius 2 is 1.59 bits per heavy atom. The number of hydrogen-bond acceptors (Lipinski definition) is 1. The lowest BCUT2D eigenvalue weighted by Gasteiger charge is -2.22. The van der Waals surface area contributed by atoms with Crippen LogP contribution in [0.1, 0.15) is 16.7 Å². The fraction of sp³-hybridized carbons (Fsp3) is 0.0952. The lowest BCUT2D eigenvalue weighted by molar-refractivity contribution is -0.137. The van der Waals surface area contributed by atoms with Gasteiger partial charge in [-0.3, -0.25) is 5.41 Å². The van der Waals surface area contributed by atoms with Crippen molar-refractivity contribution in [3.63, 3.8) is 0 Å². The first-order chi connectivity index (χ1) is 12.8. The number of halogens is 3. The van der Waals surface area contributed by atoms with Crippen molar-refractivity contribution in [1.82, 2.24) is 0 Å². The van der Waals surface area contributed by atoms with E-state index in [4.69, 9.17) is 5.41 Å². The Hall–Kier alpha value is -3.28. The molecule has 1 aliphatic carbocycles. The lowest BCUT2D eigenvalue weighted by Crippen LogP contribution is -2.32. The summed E-state index contributed by atoms with van der Waals surface area (Å²) < 4.78 is 38.1. The Morgan fingerprint density at radius 1 is 0.926 bits per heavy atom. The summed E-state index contributed by atoms with van der Waals surface area (Å²) in [4.78, 5) is 1.50. The van der Waals surface area contributed by atoms with Crippen LogP contribution in [-0.2, 0) is 6.18 Å². The molecule has 6 heteroatoms. The zero-order valence-corrected chi connectivity index (χ0v) is 14.4. The fourth-order valence-corrected chi connectivity index (χ4v) is 3.24. The van der Waals surface area contributed by atoms with Crippen molar-refractivity contribution in [1.29, 1.82) is 5.41 Å². The van der Waals surface area contributed by atoms with Gasteiger partial charge in [0.05, 0.1) is 5.56 Å². The van der Waals surface area contributed by atoms with Gasteiger partial charge in [-0.25, -0.2) is 0 Å². The molecule has 0 fully saturated rings. The third-order valence-electron chi connectivity index (χ3n) is 4.72. The molecule has 2 N–H and O–H groups in total. The van der Waals surface area contributed by atoms with E-state index >= 15 is 0 Å². The van der Waals surface area contributed by atoms with E-state index in [1.807, 2.05) is 30.3 Å². The van der Waals surface area contributed by atoms with Gasteiger partial charge < -0.3 is 10.2 Å². The molecule has 136 valence electrons. The van der Waals surface area contributed by atoms with Crippen molar-refractivity contribution in [2.45, 2.75) is 6.18 Å². The number of benzene rings is 3. The Bertz CT molecular complexity index is 1050. The van der Waals surface area contributed by atoms with Gasteiger partial charge in [0.2, 0.25) is 0 Å². The summed E-state index contributed by atoms with van der Waals surface area (Å²) >= 11 is 0. The molecule has 1 aliphatic rings. The molecule has 0 heterocycles. The van der Waals surface area contributed by atoms with Gasteiger partial charge in [-0.2, -0.15) is 13.2 Å². The third-order valence-corrected chi connectivity index (χ3v) is 4.72. The van der Waals surface area contributed by atoms with Gasteiger partial charge in [0.1, 0.15) is 0 Å². The van der Waals surface area contributed by atoms with Crippen molar-refractivity contribution in [3.05, 3.63) is 71.3 Å². The summed E-state index contributed by atoms with van der Waals surface area (Å²) in [5, 5.41) is 13.5. The third kappa shape index (κ3) is 3.03. The monoisotopic (exact) mass is 367 g/mol. The second-order valence-corrected chi connectivity index (χ2v) is 6.38. The molecular weight excluding hydrogens is 351 g/mol. The minimum absolute atomic E-state index is 0.0708. The molecule has 0 saturated carbocycles. The quantitative estimate of drug-likeness (QED) is 0.346. The van der Waals surface area contributed by atoms with Gasteiger partial charge in [0, 0.05) is 23.8 Å². The van der Waals surface area contributed by atoms with Gasteiger partial charge in [-0.15, -0.1) is 0 Å². The number of rotatable bonds is 2. The van der Waals surface area contributed by atoms with Crippen LogP contribution < -0.4 is 10.2 Å². The predicted octanol–water partition coefficient (Wildman–Crippen LogP) is 5.83. The van der Waals surface area contributed by atoms with Gasteiger partial charge in [0.25, 0.3) is 0 Å². The van der Waals surface area contributed by atoms with E-state index < -0.39 is 11.7 Å². The average molecular weight is 367 g/mol. The standard InChI is InChI=1S/C21H16F3N3/c1-27(16-10-8-15(9-11-16)21(22,23)24)20(25)26-18-12-7-14-6-5-13-3-2-4-17(18)19(13)14/h2-12H,1H3,(H2,25,26). The Morgan fingerprint density at radius 3 is 2.26 bits per heavy atom. The van der Waals surface area contributed by atoms with Crippen LogP contribution in [0.3, 0.4) is 0 Å². The van der Waals surface area contributed by atoms with E-state index in [0.29, 0.717) is 5.69 Å². The maximum Gasteiger partial charge on any atom is 0.416 e. The minimum Gasteiger partial charge on any atom is -0.326 e. The second kappa shape index (κ2) is 6.16. The molecule has 27 heavy (non-hydrogen) atoms. The fourth-order valence-electron chi connectivity index (χ4n) is 3.24. The van der Waals surface area contributed by atoms with Crippen molar-refractivity contribution in [3.8, 4) is 0 Å². The molecule has 0 aliphatic heterocycles. The highest BCUT2D eigenvalue weighted by Gasteiger charge is 2.30. The maximum absolute atomic E-state index is 12.7. The highest BCUT2D eigenvalue weighted by atomic mass is 19.4. The van der Waals surface area contributed by atoms with Crippen LogP contribution in [0.4, 0.5) is 24.5 Å². The van der Waals surface area contributed by atoms with Gasteiger partial charge in [-0.1, -0.05) is 36.4 Å². The minimum atomic E-state index is -4.37. The predicted molar refractivity (Wildman–Crippen MR) is 104 cm³/mol. The SMILES string of the molecule is CN(C(=N)Nc1ccc2c3c(cccc13)C=C2)c1ccc(C(F)(F)F)cc1. The summed E-state index contributed by atoms with van der Waals surface area (Å²) in [5.41, 5.74) is 2.83. The smallest absolute Gasteiger partial charge is 0.326 e. The Kier molecular flexibility index (Phi) is 3.91. The summed E-state index contributed by atoms with van der Waals surface area (Å²) in [6.07, 6.45) is -0.260. The molecule has 0 bridgehead atoms. The molecule has 4 rings (SSSR count). The van der Waals surface area contributed by atoms with E-state index in [1.165, 1.54) is 17.0 Å². The number of nitrogens with one attached hydrogen (secondary N) is 2. The number of anilines is 2. The molecule has 0 saturated heterocycles. The van der Waals surface area contributed by atoms with Crippen LogP contribution in [0.5, 0.6) is 0 Å². The molecule has 3 aromatic carbocycles. The number of guanidine groups is 1. The van der Waals surface area contributed by atoms with Crippen LogP contribution in [0.25, 0.3) is 22.9 Å². The van der Waals surface area contributed by atoms with Crippen LogP contribution in [0.15, 0.2) is 54.6 Å². The lowest BCUT2D eigenvalue weighted by atomic mass is 10.0. The maximum atomic E-state index is 12.7. The van der Waals surface area contributed by atoms with Crippen molar-refractivity contribution < 1.29 is 13.2 Å². The molecule has 0 aromatic heterocycles. The number of hydrogen-bond donors (Lipinski definition) is 2. The topological polar surface area (TPSA) is 39.1 Å². The second-order valence-electron chi connectivity index (χ2n) is 6.38. The first-order valence-corrected chi connectivity index (χ1v) is 8.35. The molecule has 0 atom stereocenters. The first-order valence-electron chi connectivity index (χ1n) is 8.35. The molecule has 0 spiro atoms. The van der Waals surface area contributed by atoms with Crippen molar-refractivity contribution in [2.75, 3.05) is 17.3 Å². The average Bonchev–Trinajstić information content (AvgIpc) is 3.07. The van der Waals surface area contributed by atoms with Crippen LogP contribution in [0, 0.1) is 5.41 Å². The molecule has 3 nitrogen and oxygen atoms in total. The first kappa shape index (κ1) is 17.1. The zero-order valence-electron chi connectivity index (χ0n) is 14.4. The zero-order chi connectivity index (χ0) is 19.2. The highest BCUT2D eigenvalue weighted by Crippen LogP contribution is 2.35. The van der Waals surface area contributed by atoms with E-state index in [9.17, 15) is 13.2 Å². The van der Waals surface area contributed by atoms with Crippen molar-refractivity contribution in [2.24, 2.45) is 0 Å². The summed E-state index contributed by atoms with van der Waals surface area (Å²) in [6.45, 7) is 0. The molecule has 3 aromatic rings. The molecule has 0 amide bonds. The summed E-state index contributed by atoms with van der Waals surface area (Å²) in [5.74, 6) is 0.0708. The highest BCUT2D eigenvalue weighted by molar-refractivity contribution is 6.13. The number of alkyl halides is 3. The van der Waals surface area contributed by atoms with Crippen LogP contribution >= 0.6 is 0 Å². The van der Waals surface area contributed by atoms with E-state index in [0.717, 1.165) is 39.7 Å². The summed E-state index contributed by atoms with van der Waals surface area (Å²) in [6, 6.07) is 14.6. The van der Waals surface area contributed by atoms with Crippen molar-refractivity contribution >= 4 is 40.3 Å². The Labute approximate surface area is 154 Å². The molecular formula is C21H16F3N3. The van der Waals surface area contributed by atoms with E-state index in [2.05, 4.69) is 17.5 Å². The van der Waals surface area contributed by atoms with Gasteiger partial charge in [-0.05, 0) is 46.8 Å². The van der Waals surface area contributed by atoms with Crippen LogP contribution in [-0.4, -0.2) is 13.0 Å². The van der Waals surface area contributed by atoms with Crippen LogP contribution in [0.2, 0.25) is 0 Å². The van der Waals surface area contributed by atoms with Gasteiger partial charge >= 0.3 is 6.18 Å². The Balaban J connectivity index is 1.59. The normalized spacial score (nSPS) is 12.4. The van der Waals surface area contributed by atoms with E-state index in [1.54, 1.807) is 7.05 Å². The summed E-state index contributed by atoms with van der Waals surface area (Å²) in [7, 11) is 1.64. The van der Waals surface area contributed by atoms with E-state index in [-0.39, 0.29) is 5.96 Å². The molecule has 0 unspecified atom stereocenters. The number of nitrogens with zero attached hydrogens (tertiary/aromatic N) is 1.